The SMILES string of the molecule is CCNC(=O)N(C)c1cccc(NC(=O)c2cscc2C(F)(F)F)c1. The molecule has 1 aromatic heterocycles. The Morgan fingerprint density at radius 2 is 1.96 bits per heavy atom. The van der Waals surface area contributed by atoms with E-state index in [0.29, 0.717) is 12.2 Å². The minimum Gasteiger partial charge on any atom is -0.338 e. The smallest absolute Gasteiger partial charge is 0.338 e. The summed E-state index contributed by atoms with van der Waals surface area (Å²) >= 11 is 0.807. The van der Waals surface area contributed by atoms with Crippen molar-refractivity contribution in [3.8, 4) is 0 Å². The van der Waals surface area contributed by atoms with E-state index in [9.17, 15) is 22.8 Å². The predicted octanol–water partition coefficient (Wildman–Crippen LogP) is 4.18. The Bertz CT molecular complexity index is 774. The topological polar surface area (TPSA) is 61.4 Å². The first-order chi connectivity index (χ1) is 11.7. The second-order valence-electron chi connectivity index (χ2n) is 5.10. The standard InChI is InChI=1S/C16H16F3N3O2S/c1-3-20-15(24)22(2)11-6-4-5-10(7-11)21-14(23)12-8-25-9-13(12)16(17,18)19/h4-9H,3H2,1-2H3,(H,20,24)(H,21,23). The van der Waals surface area contributed by atoms with Gasteiger partial charge in [-0.05, 0) is 25.1 Å². The number of amides is 3. The number of alkyl halides is 3. The van der Waals surface area contributed by atoms with Crippen molar-refractivity contribution in [1.29, 1.82) is 0 Å². The molecule has 0 fully saturated rings. The zero-order valence-electron chi connectivity index (χ0n) is 13.5. The summed E-state index contributed by atoms with van der Waals surface area (Å²) in [7, 11) is 1.55. The van der Waals surface area contributed by atoms with E-state index >= 15 is 0 Å². The fourth-order valence-corrected chi connectivity index (χ4v) is 2.91. The average Bonchev–Trinajstić information content (AvgIpc) is 3.04. The number of anilines is 2. The van der Waals surface area contributed by atoms with Gasteiger partial charge in [-0.15, -0.1) is 0 Å². The number of halogens is 3. The van der Waals surface area contributed by atoms with Crippen molar-refractivity contribution in [3.63, 3.8) is 0 Å². The van der Waals surface area contributed by atoms with E-state index in [2.05, 4.69) is 10.6 Å². The number of carbonyl (C=O) groups is 2. The van der Waals surface area contributed by atoms with Gasteiger partial charge in [0.25, 0.3) is 5.91 Å². The number of nitrogens with one attached hydrogen (secondary N) is 2. The molecule has 0 saturated carbocycles. The van der Waals surface area contributed by atoms with Crippen LogP contribution in [0.3, 0.4) is 0 Å². The normalized spacial score (nSPS) is 11.1. The molecule has 0 aliphatic heterocycles. The molecule has 9 heteroatoms. The molecule has 2 aromatic rings. The second-order valence-corrected chi connectivity index (χ2v) is 5.84. The van der Waals surface area contributed by atoms with Gasteiger partial charge in [-0.1, -0.05) is 6.07 Å². The molecular weight excluding hydrogens is 355 g/mol. The van der Waals surface area contributed by atoms with E-state index in [1.807, 2.05) is 0 Å². The van der Waals surface area contributed by atoms with Crippen molar-refractivity contribution in [2.75, 3.05) is 23.8 Å². The number of thiophene rings is 1. The molecule has 0 saturated heterocycles. The van der Waals surface area contributed by atoms with Crippen molar-refractivity contribution in [1.82, 2.24) is 5.32 Å². The lowest BCUT2D eigenvalue weighted by molar-refractivity contribution is -0.137. The summed E-state index contributed by atoms with van der Waals surface area (Å²) in [5, 5.41) is 7.11. The van der Waals surface area contributed by atoms with Crippen molar-refractivity contribution < 1.29 is 22.8 Å². The summed E-state index contributed by atoms with van der Waals surface area (Å²) in [6.45, 7) is 2.24. The van der Waals surface area contributed by atoms with Gasteiger partial charge in [0.15, 0.2) is 0 Å². The maximum atomic E-state index is 12.9. The third kappa shape index (κ3) is 4.50. The van der Waals surface area contributed by atoms with Crippen LogP contribution in [0.1, 0.15) is 22.8 Å². The average molecular weight is 371 g/mol. The van der Waals surface area contributed by atoms with Crippen molar-refractivity contribution >= 4 is 34.6 Å². The van der Waals surface area contributed by atoms with Crippen molar-refractivity contribution in [2.24, 2.45) is 0 Å². The molecule has 5 nitrogen and oxygen atoms in total. The molecule has 0 aliphatic carbocycles. The fraction of sp³-hybridized carbons (Fsp3) is 0.250. The number of benzene rings is 1. The Balaban J connectivity index is 2.19. The fourth-order valence-electron chi connectivity index (χ4n) is 2.07. The number of hydrogen-bond acceptors (Lipinski definition) is 3. The summed E-state index contributed by atoms with van der Waals surface area (Å²) in [6, 6.07) is 5.96. The van der Waals surface area contributed by atoms with Crippen LogP contribution in [-0.4, -0.2) is 25.5 Å². The van der Waals surface area contributed by atoms with Crippen molar-refractivity contribution in [2.45, 2.75) is 13.1 Å². The molecule has 25 heavy (non-hydrogen) atoms. The molecule has 1 heterocycles. The highest BCUT2D eigenvalue weighted by Crippen LogP contribution is 2.34. The molecule has 2 N–H and O–H groups in total. The van der Waals surface area contributed by atoms with Gasteiger partial charge in [0, 0.05) is 35.7 Å². The Labute approximate surface area is 146 Å². The molecule has 134 valence electrons. The van der Waals surface area contributed by atoms with Gasteiger partial charge in [-0.25, -0.2) is 4.79 Å². The molecule has 2 rings (SSSR count). The van der Waals surface area contributed by atoms with Crippen LogP contribution >= 0.6 is 11.3 Å². The molecule has 0 unspecified atom stereocenters. The molecule has 0 spiro atoms. The quantitative estimate of drug-likeness (QED) is 0.847. The minimum absolute atomic E-state index is 0.290. The summed E-state index contributed by atoms with van der Waals surface area (Å²) in [5.41, 5.74) is -0.617. The van der Waals surface area contributed by atoms with Crippen LogP contribution in [0.15, 0.2) is 35.0 Å². The first-order valence-electron chi connectivity index (χ1n) is 7.30. The number of rotatable bonds is 4. The number of nitrogens with zero attached hydrogens (tertiary/aromatic N) is 1. The third-order valence-corrected chi connectivity index (χ3v) is 4.08. The maximum Gasteiger partial charge on any atom is 0.417 e. The van der Waals surface area contributed by atoms with E-state index in [-0.39, 0.29) is 11.7 Å². The summed E-state index contributed by atoms with van der Waals surface area (Å²) in [4.78, 5) is 25.3. The molecule has 0 aliphatic rings. The zero-order valence-corrected chi connectivity index (χ0v) is 14.3. The number of carbonyl (C=O) groups excluding carboxylic acids is 2. The number of urea groups is 1. The molecule has 1 aromatic carbocycles. The van der Waals surface area contributed by atoms with E-state index < -0.39 is 23.2 Å². The van der Waals surface area contributed by atoms with Crippen LogP contribution in [-0.2, 0) is 6.18 Å². The maximum absolute atomic E-state index is 12.9. The van der Waals surface area contributed by atoms with Gasteiger partial charge in [-0.2, -0.15) is 24.5 Å². The molecule has 0 bridgehead atoms. The summed E-state index contributed by atoms with van der Waals surface area (Å²) in [5.74, 6) is -0.855. The van der Waals surface area contributed by atoms with Crippen LogP contribution in [0, 0.1) is 0 Å². The van der Waals surface area contributed by atoms with Crippen LogP contribution in [0.25, 0.3) is 0 Å². The monoisotopic (exact) mass is 371 g/mol. The Kier molecular flexibility index (Phi) is 5.68. The Hall–Kier alpha value is -2.55. The van der Waals surface area contributed by atoms with Gasteiger partial charge in [-0.3, -0.25) is 9.69 Å². The lowest BCUT2D eigenvalue weighted by Gasteiger charge is -2.18. The molecular formula is C16H16F3N3O2S. The highest BCUT2D eigenvalue weighted by atomic mass is 32.1. The van der Waals surface area contributed by atoms with Crippen LogP contribution in [0.4, 0.5) is 29.3 Å². The third-order valence-electron chi connectivity index (χ3n) is 3.34. The first-order valence-corrected chi connectivity index (χ1v) is 8.24. The van der Waals surface area contributed by atoms with Crippen LogP contribution < -0.4 is 15.5 Å². The Morgan fingerprint density at radius 3 is 2.60 bits per heavy atom. The summed E-state index contributed by atoms with van der Waals surface area (Å²) in [6.07, 6.45) is -4.59. The largest absolute Gasteiger partial charge is 0.417 e. The molecule has 0 radical (unpaired) electrons. The van der Waals surface area contributed by atoms with Gasteiger partial charge in [0.05, 0.1) is 11.1 Å². The van der Waals surface area contributed by atoms with Crippen molar-refractivity contribution in [3.05, 3.63) is 46.2 Å². The van der Waals surface area contributed by atoms with Crippen LogP contribution in [0.5, 0.6) is 0 Å². The second kappa shape index (κ2) is 7.56. The highest BCUT2D eigenvalue weighted by Gasteiger charge is 2.36. The highest BCUT2D eigenvalue weighted by molar-refractivity contribution is 7.08. The lowest BCUT2D eigenvalue weighted by atomic mass is 10.1. The first kappa shape index (κ1) is 18.8. The zero-order chi connectivity index (χ0) is 18.6. The minimum atomic E-state index is -4.59. The van der Waals surface area contributed by atoms with Gasteiger partial charge in [0.1, 0.15) is 0 Å². The molecule has 0 atom stereocenters. The van der Waals surface area contributed by atoms with E-state index in [0.717, 1.165) is 22.1 Å². The van der Waals surface area contributed by atoms with Gasteiger partial charge < -0.3 is 10.6 Å². The van der Waals surface area contributed by atoms with Gasteiger partial charge in [0.2, 0.25) is 0 Å². The summed E-state index contributed by atoms with van der Waals surface area (Å²) < 4.78 is 38.7. The van der Waals surface area contributed by atoms with E-state index in [1.165, 1.54) is 17.0 Å². The van der Waals surface area contributed by atoms with E-state index in [4.69, 9.17) is 0 Å². The Morgan fingerprint density at radius 1 is 1.24 bits per heavy atom. The van der Waals surface area contributed by atoms with Gasteiger partial charge >= 0.3 is 12.2 Å². The molecule has 3 amide bonds. The van der Waals surface area contributed by atoms with Crippen LogP contribution in [0.2, 0.25) is 0 Å². The predicted molar refractivity (Wildman–Crippen MR) is 91.2 cm³/mol. The lowest BCUT2D eigenvalue weighted by Crippen LogP contribution is -2.37. The van der Waals surface area contributed by atoms with E-state index in [1.54, 1.807) is 26.1 Å². The number of hydrogen-bond donors (Lipinski definition) is 2.